The molecule has 0 saturated heterocycles. The van der Waals surface area contributed by atoms with E-state index in [-0.39, 0.29) is 5.91 Å². The monoisotopic (exact) mass is 382 g/mol. The minimum Gasteiger partial charge on any atom is -0.339 e. The highest BCUT2D eigenvalue weighted by molar-refractivity contribution is 6.35. The lowest BCUT2D eigenvalue weighted by Crippen LogP contribution is -2.12. The minimum absolute atomic E-state index is 0.334. The van der Waals surface area contributed by atoms with Crippen molar-refractivity contribution in [2.75, 3.05) is 10.6 Å². The van der Waals surface area contributed by atoms with Crippen LogP contribution in [0.5, 0.6) is 0 Å². The Morgan fingerprint density at radius 2 is 1.77 bits per heavy atom. The first-order valence-corrected chi connectivity index (χ1v) is 8.30. The number of amides is 1. The van der Waals surface area contributed by atoms with E-state index in [1.165, 1.54) is 6.20 Å². The van der Waals surface area contributed by atoms with Crippen LogP contribution in [0.3, 0.4) is 0 Å². The lowest BCUT2D eigenvalue weighted by Gasteiger charge is -2.09. The summed E-state index contributed by atoms with van der Waals surface area (Å²) in [6, 6.07) is 17.3. The first kappa shape index (κ1) is 17.7. The Bertz CT molecular complexity index is 977. The molecule has 3 rings (SSSR count). The number of para-hydroxylation sites is 1. The third kappa shape index (κ3) is 4.31. The van der Waals surface area contributed by atoms with Gasteiger partial charge in [0, 0.05) is 21.9 Å². The molecule has 1 amide bonds. The Balaban J connectivity index is 1.73. The van der Waals surface area contributed by atoms with Crippen LogP contribution in [0.4, 0.5) is 17.2 Å². The summed E-state index contributed by atoms with van der Waals surface area (Å²) in [6.45, 7) is 0. The van der Waals surface area contributed by atoms with Gasteiger partial charge in [-0.1, -0.05) is 35.3 Å². The van der Waals surface area contributed by atoms with E-state index in [0.717, 1.165) is 0 Å². The van der Waals surface area contributed by atoms with Crippen molar-refractivity contribution in [3.05, 3.63) is 82.0 Å². The Morgan fingerprint density at radius 3 is 2.42 bits per heavy atom. The quantitative estimate of drug-likeness (QED) is 0.645. The molecule has 26 heavy (non-hydrogen) atoms. The Morgan fingerprint density at radius 1 is 1.04 bits per heavy atom. The number of nitrogens with one attached hydrogen (secondary N) is 2. The number of aromatic nitrogens is 1. The zero-order valence-electron chi connectivity index (χ0n) is 13.3. The highest BCUT2D eigenvalue weighted by Gasteiger charge is 2.09. The molecule has 0 radical (unpaired) electrons. The lowest BCUT2D eigenvalue weighted by molar-refractivity contribution is 0.102. The van der Waals surface area contributed by atoms with Crippen LogP contribution in [0.25, 0.3) is 0 Å². The summed E-state index contributed by atoms with van der Waals surface area (Å²) >= 11 is 11.8. The number of nitriles is 1. The molecule has 0 fully saturated rings. The molecule has 0 bridgehead atoms. The van der Waals surface area contributed by atoms with Crippen molar-refractivity contribution in [1.82, 2.24) is 4.98 Å². The Labute approximate surface area is 160 Å². The van der Waals surface area contributed by atoms with Crippen LogP contribution in [-0.2, 0) is 0 Å². The number of benzene rings is 2. The molecule has 0 unspecified atom stereocenters. The van der Waals surface area contributed by atoms with Gasteiger partial charge >= 0.3 is 0 Å². The van der Waals surface area contributed by atoms with Crippen LogP contribution in [0, 0.1) is 11.3 Å². The van der Waals surface area contributed by atoms with E-state index in [1.807, 2.05) is 6.07 Å². The fourth-order valence-corrected chi connectivity index (χ4v) is 2.79. The third-order valence-electron chi connectivity index (χ3n) is 3.46. The molecule has 5 nitrogen and oxygen atoms in total. The van der Waals surface area contributed by atoms with Gasteiger partial charge in [-0.25, -0.2) is 4.98 Å². The molecule has 0 aliphatic rings. The molecular formula is C19H12Cl2N4O. The van der Waals surface area contributed by atoms with Crippen molar-refractivity contribution in [3.63, 3.8) is 0 Å². The van der Waals surface area contributed by atoms with Crippen LogP contribution in [0.15, 0.2) is 60.8 Å². The summed E-state index contributed by atoms with van der Waals surface area (Å²) in [5.74, 6) is 0.190. The topological polar surface area (TPSA) is 77.8 Å². The van der Waals surface area contributed by atoms with E-state index in [4.69, 9.17) is 28.5 Å². The predicted octanol–water partition coefficient (Wildman–Crippen LogP) is 5.26. The number of anilines is 3. The second-order valence-corrected chi connectivity index (χ2v) is 6.20. The first-order chi connectivity index (χ1) is 12.5. The fourth-order valence-electron chi connectivity index (χ4n) is 2.26. The number of nitrogens with zero attached hydrogens (tertiary/aromatic N) is 2. The van der Waals surface area contributed by atoms with Gasteiger partial charge in [-0.15, -0.1) is 0 Å². The van der Waals surface area contributed by atoms with Crippen LogP contribution < -0.4 is 10.6 Å². The average molecular weight is 383 g/mol. The summed E-state index contributed by atoms with van der Waals surface area (Å²) in [4.78, 5) is 16.5. The summed E-state index contributed by atoms with van der Waals surface area (Å²) < 4.78 is 0. The molecule has 7 heteroatoms. The first-order valence-electron chi connectivity index (χ1n) is 7.55. The number of carbonyl (C=O) groups excluding carboxylic acids is 1. The number of halogens is 2. The summed E-state index contributed by atoms with van der Waals surface area (Å²) in [5.41, 5.74) is 2.03. The van der Waals surface area contributed by atoms with E-state index < -0.39 is 0 Å². The maximum Gasteiger partial charge on any atom is 0.257 e. The minimum atomic E-state index is -0.334. The number of pyridine rings is 1. The average Bonchev–Trinajstić information content (AvgIpc) is 2.62. The predicted molar refractivity (Wildman–Crippen MR) is 103 cm³/mol. The molecule has 1 aromatic heterocycles. The van der Waals surface area contributed by atoms with Crippen LogP contribution >= 0.6 is 23.2 Å². The molecule has 128 valence electrons. The van der Waals surface area contributed by atoms with Gasteiger partial charge < -0.3 is 10.6 Å². The molecular weight excluding hydrogens is 371 g/mol. The second kappa shape index (κ2) is 7.87. The van der Waals surface area contributed by atoms with Crippen molar-refractivity contribution in [1.29, 1.82) is 5.26 Å². The summed E-state index contributed by atoms with van der Waals surface area (Å²) in [5, 5.41) is 15.7. The van der Waals surface area contributed by atoms with Gasteiger partial charge in [-0.05, 0) is 42.5 Å². The number of hydrogen-bond acceptors (Lipinski definition) is 4. The maximum atomic E-state index is 12.3. The van der Waals surface area contributed by atoms with E-state index in [0.29, 0.717) is 38.4 Å². The van der Waals surface area contributed by atoms with E-state index >= 15 is 0 Å². The maximum absolute atomic E-state index is 12.3. The second-order valence-electron chi connectivity index (χ2n) is 5.33. The van der Waals surface area contributed by atoms with E-state index in [2.05, 4.69) is 21.7 Å². The van der Waals surface area contributed by atoms with E-state index in [1.54, 1.807) is 48.5 Å². The number of carbonyl (C=O) groups is 1. The SMILES string of the molecule is N#Cc1ccccc1Nc1ccc(C(=O)Nc2cc(Cl)cc(Cl)c2)cn1. The Kier molecular flexibility index (Phi) is 5.37. The highest BCUT2D eigenvalue weighted by Crippen LogP contribution is 2.23. The van der Waals surface area contributed by atoms with Gasteiger partial charge in [0.05, 0.1) is 16.8 Å². The van der Waals surface area contributed by atoms with Gasteiger partial charge in [0.1, 0.15) is 11.9 Å². The largest absolute Gasteiger partial charge is 0.339 e. The van der Waals surface area contributed by atoms with Gasteiger partial charge in [-0.3, -0.25) is 4.79 Å². The summed E-state index contributed by atoms with van der Waals surface area (Å²) in [6.07, 6.45) is 1.44. The van der Waals surface area contributed by atoms with Gasteiger partial charge in [0.2, 0.25) is 0 Å². The molecule has 0 spiro atoms. The van der Waals surface area contributed by atoms with Crippen LogP contribution in [-0.4, -0.2) is 10.9 Å². The molecule has 0 aliphatic carbocycles. The van der Waals surface area contributed by atoms with E-state index in [9.17, 15) is 4.79 Å². The molecule has 1 heterocycles. The van der Waals surface area contributed by atoms with Gasteiger partial charge in [-0.2, -0.15) is 5.26 Å². The number of rotatable bonds is 4. The fraction of sp³-hybridized carbons (Fsp3) is 0. The van der Waals surface area contributed by atoms with Crippen molar-refractivity contribution in [2.45, 2.75) is 0 Å². The van der Waals surface area contributed by atoms with Crippen molar-refractivity contribution in [2.24, 2.45) is 0 Å². The molecule has 0 saturated carbocycles. The van der Waals surface area contributed by atoms with Crippen molar-refractivity contribution >= 4 is 46.3 Å². The summed E-state index contributed by atoms with van der Waals surface area (Å²) in [7, 11) is 0. The van der Waals surface area contributed by atoms with Crippen LogP contribution in [0.2, 0.25) is 10.0 Å². The standard InChI is InChI=1S/C19H12Cl2N4O/c20-14-7-15(21)9-16(8-14)24-19(26)13-5-6-18(23-11-13)25-17-4-2-1-3-12(17)10-22/h1-9,11H,(H,23,25)(H,24,26). The zero-order valence-corrected chi connectivity index (χ0v) is 14.8. The van der Waals surface area contributed by atoms with Crippen LogP contribution in [0.1, 0.15) is 15.9 Å². The molecule has 2 aromatic carbocycles. The smallest absolute Gasteiger partial charge is 0.257 e. The molecule has 0 atom stereocenters. The molecule has 3 aromatic rings. The highest BCUT2D eigenvalue weighted by atomic mass is 35.5. The van der Waals surface area contributed by atoms with Gasteiger partial charge in [0.15, 0.2) is 0 Å². The molecule has 2 N–H and O–H groups in total. The lowest BCUT2D eigenvalue weighted by atomic mass is 10.2. The zero-order chi connectivity index (χ0) is 18.5. The Hall–Kier alpha value is -3.07. The molecule has 0 aliphatic heterocycles. The normalized spacial score (nSPS) is 10.0. The number of hydrogen-bond donors (Lipinski definition) is 2. The third-order valence-corrected chi connectivity index (χ3v) is 3.89. The van der Waals surface area contributed by atoms with Crippen molar-refractivity contribution in [3.8, 4) is 6.07 Å². The van der Waals surface area contributed by atoms with Gasteiger partial charge in [0.25, 0.3) is 5.91 Å². The van der Waals surface area contributed by atoms with Crippen molar-refractivity contribution < 1.29 is 4.79 Å².